The van der Waals surface area contributed by atoms with E-state index in [4.69, 9.17) is 14.2 Å². The Hall–Kier alpha value is -3.26. The molecule has 0 spiro atoms. The zero-order valence-electron chi connectivity index (χ0n) is 20.5. The molecule has 8 nitrogen and oxygen atoms in total. The Kier molecular flexibility index (Phi) is 9.16. The van der Waals surface area contributed by atoms with Crippen LogP contribution in [0.1, 0.15) is 29.8 Å². The lowest BCUT2D eigenvalue weighted by molar-refractivity contribution is -0.123. The van der Waals surface area contributed by atoms with Crippen LogP contribution in [-0.2, 0) is 11.2 Å². The number of carbonyl (C=O) groups is 2. The van der Waals surface area contributed by atoms with E-state index in [9.17, 15) is 9.59 Å². The monoisotopic (exact) mass is 469 g/mol. The minimum atomic E-state index is -0.206. The molecule has 0 aliphatic carbocycles. The van der Waals surface area contributed by atoms with E-state index < -0.39 is 0 Å². The van der Waals surface area contributed by atoms with Gasteiger partial charge in [-0.2, -0.15) is 0 Å². The topological polar surface area (TPSA) is 80.3 Å². The molecule has 2 aromatic rings. The van der Waals surface area contributed by atoms with Crippen molar-refractivity contribution in [2.24, 2.45) is 0 Å². The van der Waals surface area contributed by atoms with Crippen molar-refractivity contribution in [3.8, 4) is 17.2 Å². The second kappa shape index (κ2) is 12.3. The second-order valence-electron chi connectivity index (χ2n) is 8.61. The summed E-state index contributed by atoms with van der Waals surface area (Å²) < 4.78 is 16.2. The number of hydrogen-bond donors (Lipinski definition) is 1. The van der Waals surface area contributed by atoms with Crippen molar-refractivity contribution in [1.29, 1.82) is 0 Å². The number of benzene rings is 2. The van der Waals surface area contributed by atoms with Gasteiger partial charge in [0, 0.05) is 44.3 Å². The third kappa shape index (κ3) is 7.12. The first-order valence-electron chi connectivity index (χ1n) is 11.6. The maximum absolute atomic E-state index is 13.0. The average molecular weight is 470 g/mol. The van der Waals surface area contributed by atoms with Gasteiger partial charge >= 0.3 is 0 Å². The highest BCUT2D eigenvalue weighted by atomic mass is 16.5. The summed E-state index contributed by atoms with van der Waals surface area (Å²) in [6.45, 7) is 7.66. The van der Waals surface area contributed by atoms with Crippen molar-refractivity contribution in [3.05, 3.63) is 53.6 Å². The molecule has 2 aromatic carbocycles. The number of hydrogen-bond acceptors (Lipinski definition) is 6. The van der Waals surface area contributed by atoms with Crippen LogP contribution in [0.5, 0.6) is 17.2 Å². The van der Waals surface area contributed by atoms with Crippen LogP contribution in [0.25, 0.3) is 0 Å². The predicted octanol–water partition coefficient (Wildman–Crippen LogP) is 2.61. The van der Waals surface area contributed by atoms with E-state index in [2.05, 4.69) is 22.3 Å². The summed E-state index contributed by atoms with van der Waals surface area (Å²) in [6.07, 6.45) is 0.964. The SMILES string of the molecule is COc1ccc(CCN2CCN(C(=O)c3ccc(OCC(=O)NC(C)C)c(OC)c3)CC2)cc1. The molecule has 1 saturated heterocycles. The highest BCUT2D eigenvalue weighted by Gasteiger charge is 2.23. The van der Waals surface area contributed by atoms with Crippen LogP contribution >= 0.6 is 0 Å². The van der Waals surface area contributed by atoms with Crippen LogP contribution in [0.2, 0.25) is 0 Å². The Morgan fingerprint density at radius 3 is 2.26 bits per heavy atom. The van der Waals surface area contributed by atoms with Gasteiger partial charge in [0.05, 0.1) is 14.2 Å². The van der Waals surface area contributed by atoms with E-state index in [1.165, 1.54) is 12.7 Å². The zero-order chi connectivity index (χ0) is 24.5. The summed E-state index contributed by atoms with van der Waals surface area (Å²) >= 11 is 0. The molecule has 0 aromatic heterocycles. The lowest BCUT2D eigenvalue weighted by Crippen LogP contribution is -2.49. The molecule has 8 heteroatoms. The molecular weight excluding hydrogens is 434 g/mol. The maximum Gasteiger partial charge on any atom is 0.258 e. The van der Waals surface area contributed by atoms with E-state index in [-0.39, 0.29) is 24.5 Å². The highest BCUT2D eigenvalue weighted by molar-refractivity contribution is 5.95. The van der Waals surface area contributed by atoms with Crippen LogP contribution in [0.3, 0.4) is 0 Å². The lowest BCUT2D eigenvalue weighted by atomic mass is 10.1. The molecule has 2 amide bonds. The maximum atomic E-state index is 13.0. The van der Waals surface area contributed by atoms with Gasteiger partial charge in [-0.25, -0.2) is 0 Å². The summed E-state index contributed by atoms with van der Waals surface area (Å²) in [4.78, 5) is 29.1. The molecule has 34 heavy (non-hydrogen) atoms. The number of carbonyl (C=O) groups excluding carboxylic acids is 2. The Morgan fingerprint density at radius 2 is 1.65 bits per heavy atom. The standard InChI is InChI=1S/C26H35N3O5/c1-19(2)27-25(30)18-34-23-10-7-21(17-24(23)33-4)26(31)29-15-13-28(14-16-29)12-11-20-5-8-22(32-3)9-6-20/h5-10,17,19H,11-16,18H2,1-4H3,(H,27,30). The molecular formula is C26H35N3O5. The van der Waals surface area contributed by atoms with E-state index in [1.807, 2.05) is 30.9 Å². The van der Waals surface area contributed by atoms with Gasteiger partial charge in [-0.1, -0.05) is 12.1 Å². The molecule has 0 unspecified atom stereocenters. The van der Waals surface area contributed by atoms with Gasteiger partial charge in [0.15, 0.2) is 18.1 Å². The van der Waals surface area contributed by atoms with Gasteiger partial charge < -0.3 is 24.4 Å². The molecule has 1 aliphatic rings. The van der Waals surface area contributed by atoms with Crippen molar-refractivity contribution in [2.75, 3.05) is 53.6 Å². The first kappa shape index (κ1) is 25.4. The lowest BCUT2D eigenvalue weighted by Gasteiger charge is -2.34. The van der Waals surface area contributed by atoms with E-state index in [1.54, 1.807) is 25.3 Å². The fourth-order valence-electron chi connectivity index (χ4n) is 3.86. The van der Waals surface area contributed by atoms with Gasteiger partial charge in [-0.05, 0) is 56.2 Å². The van der Waals surface area contributed by atoms with Gasteiger partial charge in [0.2, 0.25) is 0 Å². The average Bonchev–Trinajstić information content (AvgIpc) is 2.86. The Balaban J connectivity index is 1.50. The summed E-state index contributed by atoms with van der Waals surface area (Å²) in [6, 6.07) is 13.3. The number of rotatable bonds is 10. The smallest absolute Gasteiger partial charge is 0.258 e. The fourth-order valence-corrected chi connectivity index (χ4v) is 3.86. The molecule has 1 N–H and O–H groups in total. The van der Waals surface area contributed by atoms with Gasteiger partial charge in [0.25, 0.3) is 11.8 Å². The largest absolute Gasteiger partial charge is 0.497 e. The van der Waals surface area contributed by atoms with Crippen molar-refractivity contribution >= 4 is 11.8 Å². The van der Waals surface area contributed by atoms with Crippen molar-refractivity contribution in [1.82, 2.24) is 15.1 Å². The van der Waals surface area contributed by atoms with Gasteiger partial charge in [-0.15, -0.1) is 0 Å². The first-order chi connectivity index (χ1) is 16.4. The van der Waals surface area contributed by atoms with E-state index >= 15 is 0 Å². The van der Waals surface area contributed by atoms with Crippen LogP contribution in [0.4, 0.5) is 0 Å². The summed E-state index contributed by atoms with van der Waals surface area (Å²) in [5.41, 5.74) is 1.82. The number of piperazine rings is 1. The predicted molar refractivity (Wildman–Crippen MR) is 131 cm³/mol. The molecule has 1 fully saturated rings. The Morgan fingerprint density at radius 1 is 0.941 bits per heavy atom. The quantitative estimate of drug-likeness (QED) is 0.576. The number of nitrogens with one attached hydrogen (secondary N) is 1. The van der Waals surface area contributed by atoms with Crippen molar-refractivity contribution in [2.45, 2.75) is 26.3 Å². The normalized spacial score (nSPS) is 14.1. The van der Waals surface area contributed by atoms with Crippen LogP contribution in [0.15, 0.2) is 42.5 Å². The number of methoxy groups -OCH3 is 2. The van der Waals surface area contributed by atoms with Gasteiger partial charge in [-0.3, -0.25) is 14.5 Å². The summed E-state index contributed by atoms with van der Waals surface area (Å²) in [5.74, 6) is 1.49. The molecule has 3 rings (SSSR count). The van der Waals surface area contributed by atoms with E-state index in [0.29, 0.717) is 30.2 Å². The molecule has 184 valence electrons. The molecule has 0 saturated carbocycles. The van der Waals surface area contributed by atoms with E-state index in [0.717, 1.165) is 31.8 Å². The highest BCUT2D eigenvalue weighted by Crippen LogP contribution is 2.28. The zero-order valence-corrected chi connectivity index (χ0v) is 20.5. The van der Waals surface area contributed by atoms with Crippen LogP contribution in [-0.4, -0.2) is 81.2 Å². The summed E-state index contributed by atoms with van der Waals surface area (Å²) in [7, 11) is 3.19. The number of nitrogens with zero attached hydrogens (tertiary/aromatic N) is 2. The van der Waals surface area contributed by atoms with Crippen LogP contribution < -0.4 is 19.5 Å². The molecule has 0 radical (unpaired) electrons. The molecule has 1 aliphatic heterocycles. The first-order valence-corrected chi connectivity index (χ1v) is 11.6. The third-order valence-electron chi connectivity index (χ3n) is 5.75. The molecule has 1 heterocycles. The summed E-state index contributed by atoms with van der Waals surface area (Å²) in [5, 5.41) is 2.77. The number of ether oxygens (including phenoxy) is 3. The second-order valence-corrected chi connectivity index (χ2v) is 8.61. The minimum Gasteiger partial charge on any atom is -0.497 e. The molecule has 0 atom stereocenters. The van der Waals surface area contributed by atoms with Gasteiger partial charge in [0.1, 0.15) is 5.75 Å². The van der Waals surface area contributed by atoms with Crippen molar-refractivity contribution < 1.29 is 23.8 Å². The Bertz CT molecular complexity index is 953. The number of amides is 2. The van der Waals surface area contributed by atoms with Crippen LogP contribution in [0, 0.1) is 0 Å². The van der Waals surface area contributed by atoms with Crippen molar-refractivity contribution in [3.63, 3.8) is 0 Å². The minimum absolute atomic E-state index is 0.0304. The third-order valence-corrected chi connectivity index (χ3v) is 5.75. The Labute approximate surface area is 201 Å². The molecule has 0 bridgehead atoms. The fraction of sp³-hybridized carbons (Fsp3) is 0.462.